The first kappa shape index (κ1) is 20.0. The van der Waals surface area contributed by atoms with Gasteiger partial charge in [0.15, 0.2) is 0 Å². The minimum Gasteiger partial charge on any atom is -0.495 e. The summed E-state index contributed by atoms with van der Waals surface area (Å²) >= 11 is 0. The number of methoxy groups -OCH3 is 2. The fourth-order valence-electron chi connectivity index (χ4n) is 3.08. The molecular weight excluding hydrogens is 414 g/mol. The molecule has 0 radical (unpaired) electrons. The molecule has 0 amide bonds. The second-order valence-electron chi connectivity index (χ2n) is 6.58. The Bertz CT molecular complexity index is 1150. The van der Waals surface area contributed by atoms with E-state index in [1.807, 2.05) is 0 Å². The maximum atomic E-state index is 13.1. The SMILES string of the molecule is COC(=O)c1ccc(OC)c(S(=O)(=O)N2CC(n3cc(Cn4nccn4)nn3)C2)c1. The number of carbonyl (C=O) groups excluding carboxylic acids is 1. The summed E-state index contributed by atoms with van der Waals surface area (Å²) in [6.07, 6.45) is 4.89. The molecule has 3 aromatic rings. The zero-order valence-electron chi connectivity index (χ0n) is 16.2. The summed E-state index contributed by atoms with van der Waals surface area (Å²) in [4.78, 5) is 13.2. The van der Waals surface area contributed by atoms with Gasteiger partial charge in [-0.1, -0.05) is 5.21 Å². The van der Waals surface area contributed by atoms with Crippen LogP contribution in [0.15, 0.2) is 41.7 Å². The predicted molar refractivity (Wildman–Crippen MR) is 101 cm³/mol. The molecule has 1 fully saturated rings. The lowest BCUT2D eigenvalue weighted by Crippen LogP contribution is -2.50. The minimum atomic E-state index is -3.87. The van der Waals surface area contributed by atoms with E-state index < -0.39 is 16.0 Å². The first-order chi connectivity index (χ1) is 14.4. The van der Waals surface area contributed by atoms with Crippen molar-refractivity contribution in [2.24, 2.45) is 0 Å². The van der Waals surface area contributed by atoms with Crippen molar-refractivity contribution in [3.8, 4) is 5.75 Å². The van der Waals surface area contributed by atoms with Crippen molar-refractivity contribution < 1.29 is 22.7 Å². The maximum absolute atomic E-state index is 13.1. The van der Waals surface area contributed by atoms with E-state index in [0.29, 0.717) is 12.2 Å². The van der Waals surface area contributed by atoms with Crippen LogP contribution < -0.4 is 4.74 Å². The molecule has 30 heavy (non-hydrogen) atoms. The summed E-state index contributed by atoms with van der Waals surface area (Å²) in [5.41, 5.74) is 0.794. The van der Waals surface area contributed by atoms with Crippen LogP contribution in [0.25, 0.3) is 0 Å². The quantitative estimate of drug-likeness (QED) is 0.470. The fraction of sp³-hybridized carbons (Fsp3) is 0.353. The first-order valence-corrected chi connectivity index (χ1v) is 10.4. The minimum absolute atomic E-state index is 0.0876. The Morgan fingerprint density at radius 1 is 1.20 bits per heavy atom. The number of sulfonamides is 1. The molecule has 1 aliphatic rings. The van der Waals surface area contributed by atoms with Crippen LogP contribution in [0, 0.1) is 0 Å². The number of benzene rings is 1. The van der Waals surface area contributed by atoms with Crippen molar-refractivity contribution in [3.05, 3.63) is 48.0 Å². The third kappa shape index (κ3) is 3.64. The fourth-order valence-corrected chi connectivity index (χ4v) is 4.77. The molecule has 0 spiro atoms. The Labute approximate surface area is 172 Å². The predicted octanol–water partition coefficient (Wildman–Crippen LogP) is -0.0413. The van der Waals surface area contributed by atoms with Gasteiger partial charge in [0, 0.05) is 13.1 Å². The van der Waals surface area contributed by atoms with E-state index in [9.17, 15) is 13.2 Å². The Hall–Kier alpha value is -3.32. The van der Waals surface area contributed by atoms with Crippen molar-refractivity contribution in [2.45, 2.75) is 17.5 Å². The van der Waals surface area contributed by atoms with Gasteiger partial charge in [0.1, 0.15) is 22.9 Å². The molecule has 2 aromatic heterocycles. The highest BCUT2D eigenvalue weighted by Crippen LogP contribution is 2.33. The summed E-state index contributed by atoms with van der Waals surface area (Å²) in [6, 6.07) is 4.00. The average Bonchev–Trinajstić information content (AvgIpc) is 3.38. The molecule has 13 heteroatoms. The van der Waals surface area contributed by atoms with Crippen LogP contribution in [-0.2, 0) is 21.3 Å². The highest BCUT2D eigenvalue weighted by atomic mass is 32.2. The van der Waals surface area contributed by atoms with Crippen LogP contribution in [0.4, 0.5) is 0 Å². The van der Waals surface area contributed by atoms with Gasteiger partial charge in [-0.05, 0) is 18.2 Å². The van der Waals surface area contributed by atoms with Crippen LogP contribution in [-0.4, -0.2) is 76.0 Å². The van der Waals surface area contributed by atoms with E-state index in [0.717, 1.165) is 0 Å². The van der Waals surface area contributed by atoms with Crippen molar-refractivity contribution in [2.75, 3.05) is 27.3 Å². The molecule has 0 N–H and O–H groups in total. The lowest BCUT2D eigenvalue weighted by Gasteiger charge is -2.37. The van der Waals surface area contributed by atoms with E-state index in [-0.39, 0.29) is 35.3 Å². The molecule has 3 heterocycles. The molecule has 12 nitrogen and oxygen atoms in total. The van der Waals surface area contributed by atoms with E-state index in [1.54, 1.807) is 23.3 Å². The molecule has 0 unspecified atom stereocenters. The van der Waals surface area contributed by atoms with Gasteiger partial charge in [0.2, 0.25) is 10.0 Å². The summed E-state index contributed by atoms with van der Waals surface area (Å²) in [7, 11) is -1.27. The Morgan fingerprint density at radius 3 is 2.60 bits per heavy atom. The number of nitrogens with zero attached hydrogens (tertiary/aromatic N) is 7. The van der Waals surface area contributed by atoms with E-state index in [4.69, 9.17) is 4.74 Å². The monoisotopic (exact) mass is 433 g/mol. The Balaban J connectivity index is 1.49. The van der Waals surface area contributed by atoms with E-state index >= 15 is 0 Å². The third-order valence-corrected chi connectivity index (χ3v) is 6.59. The molecule has 158 valence electrons. The van der Waals surface area contributed by atoms with Gasteiger partial charge in [-0.15, -0.1) is 5.10 Å². The number of hydrogen-bond acceptors (Lipinski definition) is 9. The average molecular weight is 433 g/mol. The zero-order valence-corrected chi connectivity index (χ0v) is 17.1. The van der Waals surface area contributed by atoms with Gasteiger partial charge >= 0.3 is 5.97 Å². The van der Waals surface area contributed by atoms with Crippen LogP contribution >= 0.6 is 0 Å². The molecule has 1 saturated heterocycles. The Kier molecular flexibility index (Phi) is 5.22. The van der Waals surface area contributed by atoms with Crippen molar-refractivity contribution in [1.29, 1.82) is 0 Å². The molecule has 0 bridgehead atoms. The molecule has 0 atom stereocenters. The second-order valence-corrected chi connectivity index (χ2v) is 8.49. The van der Waals surface area contributed by atoms with Gasteiger partial charge in [-0.2, -0.15) is 19.3 Å². The molecule has 4 rings (SSSR count). The van der Waals surface area contributed by atoms with Gasteiger partial charge in [0.25, 0.3) is 0 Å². The third-order valence-electron chi connectivity index (χ3n) is 4.73. The first-order valence-electron chi connectivity index (χ1n) is 8.93. The van der Waals surface area contributed by atoms with Gasteiger partial charge in [-0.25, -0.2) is 17.9 Å². The normalized spacial score (nSPS) is 15.0. The lowest BCUT2D eigenvalue weighted by molar-refractivity contribution is 0.0600. The summed E-state index contributed by atoms with van der Waals surface area (Å²) in [6.45, 7) is 0.812. The van der Waals surface area contributed by atoms with Gasteiger partial charge in [0.05, 0.1) is 44.4 Å². The van der Waals surface area contributed by atoms with Crippen LogP contribution in [0.1, 0.15) is 22.1 Å². The zero-order chi connectivity index (χ0) is 21.3. The number of rotatable bonds is 7. The molecule has 0 aliphatic carbocycles. The van der Waals surface area contributed by atoms with Gasteiger partial charge < -0.3 is 9.47 Å². The number of aromatic nitrogens is 6. The maximum Gasteiger partial charge on any atom is 0.337 e. The molecular formula is C17H19N7O5S. The summed E-state index contributed by atoms with van der Waals surface area (Å²) in [5, 5.41) is 16.2. The van der Waals surface area contributed by atoms with Crippen molar-refractivity contribution >= 4 is 16.0 Å². The molecule has 0 saturated carbocycles. The van der Waals surface area contributed by atoms with E-state index in [2.05, 4.69) is 25.2 Å². The number of carbonyl (C=O) groups is 1. The molecule has 1 aliphatic heterocycles. The molecule has 1 aromatic carbocycles. The van der Waals surface area contributed by atoms with Gasteiger partial charge in [-0.3, -0.25) is 0 Å². The standard InChI is InChI=1S/C17H19N7O5S/c1-28-15-4-3-12(17(25)29-2)7-16(15)30(26,27)22-10-14(11-22)23-8-13(20-21-23)9-24-18-5-6-19-24/h3-8,14H,9-11H2,1-2H3. The lowest BCUT2D eigenvalue weighted by atomic mass is 10.2. The highest BCUT2D eigenvalue weighted by Gasteiger charge is 2.40. The van der Waals surface area contributed by atoms with Crippen LogP contribution in [0.5, 0.6) is 5.75 Å². The van der Waals surface area contributed by atoms with Crippen LogP contribution in [0.3, 0.4) is 0 Å². The number of hydrogen-bond donors (Lipinski definition) is 0. The smallest absolute Gasteiger partial charge is 0.337 e. The van der Waals surface area contributed by atoms with E-state index in [1.165, 1.54) is 41.5 Å². The summed E-state index contributed by atoms with van der Waals surface area (Å²) in [5.74, 6) is -0.474. The van der Waals surface area contributed by atoms with Crippen molar-refractivity contribution in [3.63, 3.8) is 0 Å². The number of ether oxygens (including phenoxy) is 2. The highest BCUT2D eigenvalue weighted by molar-refractivity contribution is 7.89. The topological polar surface area (TPSA) is 134 Å². The summed E-state index contributed by atoms with van der Waals surface area (Å²) < 4.78 is 38.9. The van der Waals surface area contributed by atoms with Crippen molar-refractivity contribution in [1.82, 2.24) is 34.3 Å². The van der Waals surface area contributed by atoms with Crippen LogP contribution in [0.2, 0.25) is 0 Å². The second kappa shape index (κ2) is 7.84. The number of esters is 1. The Morgan fingerprint density at radius 2 is 1.93 bits per heavy atom. The largest absolute Gasteiger partial charge is 0.495 e.